The number of allylic oxidation sites excluding steroid dienone is 1. The van der Waals surface area contributed by atoms with Crippen molar-refractivity contribution in [2.75, 3.05) is 0 Å². The molecule has 10 heteroatoms. The Morgan fingerprint density at radius 2 is 1.64 bits per heavy atom. The lowest BCUT2D eigenvalue weighted by atomic mass is 10.2. The smallest absolute Gasteiger partial charge is 0.248 e. The number of amidine groups is 2. The molecular weight excluding hydrogens is 415 g/mol. The Labute approximate surface area is 157 Å². The third kappa shape index (κ3) is 4.95. The van der Waals surface area contributed by atoms with Crippen molar-refractivity contribution in [3.63, 3.8) is 0 Å². The van der Waals surface area contributed by atoms with Crippen molar-refractivity contribution in [2.45, 2.75) is 20.9 Å². The van der Waals surface area contributed by atoms with Crippen LogP contribution in [0, 0.1) is 6.92 Å². The van der Waals surface area contributed by atoms with Gasteiger partial charge in [0.2, 0.25) is 7.59 Å². The van der Waals surface area contributed by atoms with Crippen LogP contribution < -0.4 is 5.32 Å². The highest BCUT2D eigenvalue weighted by molar-refractivity contribution is 6.79. The molecule has 0 amide bonds. The van der Waals surface area contributed by atoms with E-state index in [0.717, 1.165) is 11.3 Å². The van der Waals surface area contributed by atoms with Gasteiger partial charge in [0.15, 0.2) is 17.5 Å². The van der Waals surface area contributed by atoms with Crippen LogP contribution in [0.3, 0.4) is 0 Å². The van der Waals surface area contributed by atoms with E-state index in [9.17, 15) is 0 Å². The molecule has 0 saturated carbocycles. The number of furan rings is 1. The number of aliphatic imine (C=N–C) groups is 2. The van der Waals surface area contributed by atoms with E-state index in [1.165, 1.54) is 0 Å². The molecule has 0 bridgehead atoms. The van der Waals surface area contributed by atoms with Gasteiger partial charge < -0.3 is 9.73 Å². The first-order valence-electron chi connectivity index (χ1n) is 5.88. The molecule has 1 aromatic rings. The minimum atomic E-state index is -1.80. The third-order valence-electron chi connectivity index (χ3n) is 2.53. The van der Waals surface area contributed by atoms with E-state index >= 15 is 0 Å². The molecule has 4 nitrogen and oxygen atoms in total. The summed E-state index contributed by atoms with van der Waals surface area (Å²) in [7, 11) is 0. The number of nitrogens with zero attached hydrogens (tertiary/aromatic N) is 2. The van der Waals surface area contributed by atoms with Crippen LogP contribution in [-0.4, -0.2) is 19.3 Å². The molecule has 22 heavy (non-hydrogen) atoms. The largest absolute Gasteiger partial charge is 0.469 e. The van der Waals surface area contributed by atoms with Gasteiger partial charge in [0, 0.05) is 0 Å². The van der Waals surface area contributed by atoms with Crippen molar-refractivity contribution in [1.82, 2.24) is 5.32 Å². The first-order chi connectivity index (χ1) is 10.1. The summed E-state index contributed by atoms with van der Waals surface area (Å²) in [5, 5.41) is 2.61. The van der Waals surface area contributed by atoms with Crippen LogP contribution in [0.15, 0.2) is 38.6 Å². The predicted octanol–water partition coefficient (Wildman–Crippen LogP) is 5.11. The molecule has 0 fully saturated rings. The maximum atomic E-state index is 5.82. The fourth-order valence-electron chi connectivity index (χ4n) is 1.60. The first-order valence-corrected chi connectivity index (χ1v) is 8.15. The number of rotatable bonds is 2. The lowest BCUT2D eigenvalue weighted by Crippen LogP contribution is -2.46. The number of halogens is 6. The van der Waals surface area contributed by atoms with Gasteiger partial charge in [-0.15, -0.1) is 0 Å². The second-order valence-corrected chi connectivity index (χ2v) is 8.94. The maximum Gasteiger partial charge on any atom is 0.248 e. The van der Waals surface area contributed by atoms with E-state index in [1.807, 2.05) is 13.0 Å². The normalized spacial score (nSPS) is 16.0. The first kappa shape index (κ1) is 18.2. The SMILES string of the molecule is Cc1cc(CC=C2N=C(C(Cl)(Cl)Cl)NC(C(Cl)(Cl)Cl)=N2)co1. The van der Waals surface area contributed by atoms with E-state index in [1.54, 1.807) is 12.3 Å². The van der Waals surface area contributed by atoms with Gasteiger partial charge in [0.05, 0.1) is 6.26 Å². The monoisotopic (exact) mass is 421 g/mol. The maximum absolute atomic E-state index is 5.82. The van der Waals surface area contributed by atoms with Crippen LogP contribution in [0.25, 0.3) is 0 Å². The molecule has 0 radical (unpaired) electrons. The zero-order chi connectivity index (χ0) is 16.5. The molecule has 1 N–H and O–H groups in total. The summed E-state index contributed by atoms with van der Waals surface area (Å²) in [6, 6.07) is 1.89. The summed E-state index contributed by atoms with van der Waals surface area (Å²) in [5.74, 6) is 1.07. The molecule has 0 atom stereocenters. The fourth-order valence-corrected chi connectivity index (χ4v) is 2.13. The van der Waals surface area contributed by atoms with Crippen molar-refractivity contribution in [3.05, 3.63) is 35.6 Å². The summed E-state index contributed by atoms with van der Waals surface area (Å²) in [6.45, 7) is 1.85. The highest BCUT2D eigenvalue weighted by Gasteiger charge is 2.37. The average Bonchev–Trinajstić information content (AvgIpc) is 2.80. The molecule has 120 valence electrons. The summed E-state index contributed by atoms with van der Waals surface area (Å²) in [5.41, 5.74) is 0.944. The van der Waals surface area contributed by atoms with Crippen LogP contribution in [-0.2, 0) is 6.42 Å². The van der Waals surface area contributed by atoms with E-state index in [2.05, 4.69) is 15.3 Å². The van der Waals surface area contributed by atoms with Crippen LogP contribution in [0.2, 0.25) is 0 Å². The molecule has 0 spiro atoms. The minimum Gasteiger partial charge on any atom is -0.469 e. The Balaban J connectivity index is 2.30. The van der Waals surface area contributed by atoms with Gasteiger partial charge in [-0.3, -0.25) is 0 Å². The van der Waals surface area contributed by atoms with Crippen molar-refractivity contribution in [2.24, 2.45) is 9.98 Å². The molecule has 0 aliphatic carbocycles. The van der Waals surface area contributed by atoms with Gasteiger partial charge in [0.1, 0.15) is 5.76 Å². The summed E-state index contributed by atoms with van der Waals surface area (Å²) < 4.78 is 1.61. The van der Waals surface area contributed by atoms with Crippen molar-refractivity contribution < 1.29 is 4.42 Å². The predicted molar refractivity (Wildman–Crippen MR) is 93.8 cm³/mol. The second-order valence-electron chi connectivity index (χ2n) is 4.37. The zero-order valence-electron chi connectivity index (χ0n) is 11.0. The van der Waals surface area contributed by atoms with Gasteiger partial charge in [-0.1, -0.05) is 69.6 Å². The number of alkyl halides is 6. The standard InChI is InChI=1S/C12H9Cl6N3O/c1-6-4-7(5-22-6)2-3-8-19-9(11(13,14)15)21-10(20-8)12(16,17)18/h3-5H,2H2,1H3,(H,19,20,21). The fraction of sp³-hybridized carbons (Fsp3) is 0.333. The van der Waals surface area contributed by atoms with Crippen molar-refractivity contribution in [1.29, 1.82) is 0 Å². The Hall–Kier alpha value is -0.100. The summed E-state index contributed by atoms with van der Waals surface area (Å²) >= 11 is 34.9. The lowest BCUT2D eigenvalue weighted by molar-refractivity contribution is 0.532. The molecule has 1 aliphatic heterocycles. The van der Waals surface area contributed by atoms with Crippen LogP contribution in [0.5, 0.6) is 0 Å². The molecule has 1 aliphatic rings. The number of hydrogen-bond donors (Lipinski definition) is 1. The van der Waals surface area contributed by atoms with Gasteiger partial charge in [0.25, 0.3) is 0 Å². The van der Waals surface area contributed by atoms with Gasteiger partial charge >= 0.3 is 0 Å². The summed E-state index contributed by atoms with van der Waals surface area (Å²) in [4.78, 5) is 8.23. The van der Waals surface area contributed by atoms with Crippen LogP contribution in [0.4, 0.5) is 0 Å². The highest BCUT2D eigenvalue weighted by Crippen LogP contribution is 2.33. The summed E-state index contributed by atoms with van der Waals surface area (Å²) in [6.07, 6.45) is 3.85. The van der Waals surface area contributed by atoms with E-state index < -0.39 is 7.59 Å². The topological polar surface area (TPSA) is 49.9 Å². The Morgan fingerprint density at radius 3 is 2.05 bits per heavy atom. The Bertz CT molecular complexity index is 619. The van der Waals surface area contributed by atoms with Crippen molar-refractivity contribution in [3.8, 4) is 0 Å². The van der Waals surface area contributed by atoms with E-state index in [4.69, 9.17) is 74.0 Å². The molecule has 0 aromatic carbocycles. The van der Waals surface area contributed by atoms with E-state index in [-0.39, 0.29) is 17.5 Å². The zero-order valence-corrected chi connectivity index (χ0v) is 15.5. The molecule has 0 saturated heterocycles. The third-order valence-corrected chi connectivity index (χ3v) is 3.61. The molecule has 0 unspecified atom stereocenters. The van der Waals surface area contributed by atoms with Gasteiger partial charge in [-0.05, 0) is 31.1 Å². The quantitative estimate of drug-likeness (QED) is 0.672. The second kappa shape index (κ2) is 6.80. The molecule has 2 rings (SSSR count). The molecular formula is C12H9Cl6N3O. The highest BCUT2D eigenvalue weighted by atomic mass is 35.6. The Morgan fingerprint density at radius 1 is 1.09 bits per heavy atom. The van der Waals surface area contributed by atoms with Crippen LogP contribution >= 0.6 is 69.6 Å². The van der Waals surface area contributed by atoms with Gasteiger partial charge in [-0.25, -0.2) is 9.98 Å². The number of aryl methyl sites for hydroxylation is 1. The average molecular weight is 424 g/mol. The van der Waals surface area contributed by atoms with Gasteiger partial charge in [-0.2, -0.15) is 0 Å². The van der Waals surface area contributed by atoms with E-state index in [0.29, 0.717) is 6.42 Å². The Kier molecular flexibility index (Phi) is 5.63. The number of hydrogen-bond acceptors (Lipinski definition) is 4. The van der Waals surface area contributed by atoms with Crippen LogP contribution in [0.1, 0.15) is 11.3 Å². The number of nitrogens with one attached hydrogen (secondary N) is 1. The molecule has 2 heterocycles. The minimum absolute atomic E-state index is 0.00319. The lowest BCUT2D eigenvalue weighted by Gasteiger charge is -2.24. The van der Waals surface area contributed by atoms with Crippen molar-refractivity contribution >= 4 is 81.3 Å². The molecule has 1 aromatic heterocycles.